The molecule has 1 aromatic rings. The van der Waals surface area contributed by atoms with E-state index in [4.69, 9.17) is 16.3 Å². The molecule has 2 rings (SSSR count). The first-order valence-corrected chi connectivity index (χ1v) is 6.02. The summed E-state index contributed by atoms with van der Waals surface area (Å²) in [6, 6.07) is 3.83. The van der Waals surface area contributed by atoms with Crippen LogP contribution in [0.15, 0.2) is 24.3 Å². The minimum Gasteiger partial charge on any atom is -0.504 e. The van der Waals surface area contributed by atoms with Crippen LogP contribution >= 0.6 is 11.6 Å². The van der Waals surface area contributed by atoms with Crippen molar-refractivity contribution in [3.05, 3.63) is 34.9 Å². The molecule has 0 heterocycles. The number of rotatable bonds is 4. The zero-order chi connectivity index (χ0) is 12.3. The average molecular weight is 254 g/mol. The van der Waals surface area contributed by atoms with E-state index in [1.165, 1.54) is 7.11 Å². The van der Waals surface area contributed by atoms with E-state index >= 15 is 0 Å². The second-order valence-corrected chi connectivity index (χ2v) is 4.57. The smallest absolute Gasteiger partial charge is 0.162 e. The largest absolute Gasteiger partial charge is 0.504 e. The number of aromatic hydroxyl groups is 1. The van der Waals surface area contributed by atoms with Gasteiger partial charge < -0.3 is 15.2 Å². The van der Waals surface area contributed by atoms with E-state index in [0.29, 0.717) is 23.4 Å². The highest BCUT2D eigenvalue weighted by Crippen LogP contribution is 2.33. The Bertz CT molecular complexity index is 424. The van der Waals surface area contributed by atoms with Gasteiger partial charge >= 0.3 is 0 Å². The molecule has 0 radical (unpaired) electrons. The number of halogens is 1. The van der Waals surface area contributed by atoms with E-state index in [1.54, 1.807) is 12.1 Å². The number of phenolic OH excluding ortho intramolecular Hbond substituents is 1. The predicted octanol–water partition coefficient (Wildman–Crippen LogP) is 2.86. The normalized spacial score (nSPS) is 15.4. The third kappa shape index (κ3) is 2.93. The second-order valence-electron chi connectivity index (χ2n) is 4.14. The van der Waals surface area contributed by atoms with Crippen molar-refractivity contribution in [1.29, 1.82) is 0 Å². The van der Waals surface area contributed by atoms with Crippen molar-refractivity contribution in [3.63, 3.8) is 0 Å². The van der Waals surface area contributed by atoms with Gasteiger partial charge in [0.05, 0.1) is 7.11 Å². The molecule has 0 saturated carbocycles. The molecular formula is C13H16ClNO2. The molecule has 0 spiro atoms. The van der Waals surface area contributed by atoms with Gasteiger partial charge in [-0.05, 0) is 18.9 Å². The van der Waals surface area contributed by atoms with E-state index in [-0.39, 0.29) is 5.75 Å². The van der Waals surface area contributed by atoms with Gasteiger partial charge in [0.25, 0.3) is 0 Å². The van der Waals surface area contributed by atoms with Crippen molar-refractivity contribution < 1.29 is 9.84 Å². The van der Waals surface area contributed by atoms with Gasteiger partial charge in [0.1, 0.15) is 0 Å². The molecule has 1 aromatic carbocycles. The highest BCUT2D eigenvalue weighted by molar-refractivity contribution is 6.30. The number of phenols is 1. The Morgan fingerprint density at radius 1 is 1.41 bits per heavy atom. The molecule has 4 heteroatoms. The molecular weight excluding hydrogens is 238 g/mol. The summed E-state index contributed by atoms with van der Waals surface area (Å²) in [6.07, 6.45) is 6.41. The van der Waals surface area contributed by atoms with Crippen LogP contribution < -0.4 is 10.1 Å². The minimum absolute atomic E-state index is 0.162. The van der Waals surface area contributed by atoms with Crippen LogP contribution in [0, 0.1) is 0 Å². The first-order valence-electron chi connectivity index (χ1n) is 5.64. The molecule has 0 saturated heterocycles. The molecule has 0 atom stereocenters. The highest BCUT2D eigenvalue weighted by atomic mass is 35.5. The van der Waals surface area contributed by atoms with Gasteiger partial charge in [-0.1, -0.05) is 23.8 Å². The number of nitrogens with one attached hydrogen (secondary N) is 1. The van der Waals surface area contributed by atoms with Crippen molar-refractivity contribution in [1.82, 2.24) is 5.32 Å². The van der Waals surface area contributed by atoms with Gasteiger partial charge in [-0.25, -0.2) is 0 Å². The molecule has 0 amide bonds. The second kappa shape index (κ2) is 5.43. The summed E-state index contributed by atoms with van der Waals surface area (Å²) in [5.74, 6) is 0.578. The fourth-order valence-electron chi connectivity index (χ4n) is 1.96. The summed E-state index contributed by atoms with van der Waals surface area (Å²) in [5.41, 5.74) is 0.765. The standard InChI is InChI=1S/C13H16ClNO2/c1-17-12-7-10(14)6-9(13(12)16)8-15-11-4-2-3-5-11/h2-3,6-7,11,15-16H,4-5,8H2,1H3. The summed E-state index contributed by atoms with van der Waals surface area (Å²) >= 11 is 5.96. The number of methoxy groups -OCH3 is 1. The number of hydrogen-bond donors (Lipinski definition) is 2. The van der Waals surface area contributed by atoms with E-state index in [9.17, 15) is 5.11 Å². The third-order valence-electron chi connectivity index (χ3n) is 2.93. The third-order valence-corrected chi connectivity index (χ3v) is 3.15. The summed E-state index contributed by atoms with van der Waals surface area (Å²) in [6.45, 7) is 0.592. The zero-order valence-corrected chi connectivity index (χ0v) is 10.5. The van der Waals surface area contributed by atoms with E-state index in [0.717, 1.165) is 18.4 Å². The molecule has 3 nitrogen and oxygen atoms in total. The summed E-state index contributed by atoms with van der Waals surface area (Å²) in [5, 5.41) is 13.9. The molecule has 0 aliphatic heterocycles. The van der Waals surface area contributed by atoms with Gasteiger partial charge in [0.2, 0.25) is 0 Å². The first-order chi connectivity index (χ1) is 8.20. The summed E-state index contributed by atoms with van der Waals surface area (Å²) in [7, 11) is 1.52. The topological polar surface area (TPSA) is 41.5 Å². The first kappa shape index (κ1) is 12.3. The Balaban J connectivity index is 2.06. The quantitative estimate of drug-likeness (QED) is 0.811. The molecule has 2 N–H and O–H groups in total. The SMILES string of the molecule is COc1cc(Cl)cc(CNC2CC=CC2)c1O. The van der Waals surface area contributed by atoms with Crippen molar-refractivity contribution in [3.8, 4) is 11.5 Å². The average Bonchev–Trinajstić information content (AvgIpc) is 2.82. The Morgan fingerprint density at radius 2 is 2.12 bits per heavy atom. The molecule has 1 aliphatic rings. The van der Waals surface area contributed by atoms with Gasteiger partial charge in [-0.15, -0.1) is 0 Å². The van der Waals surface area contributed by atoms with Crippen LogP contribution in [0.4, 0.5) is 0 Å². The molecule has 0 unspecified atom stereocenters. The number of ether oxygens (including phenoxy) is 1. The van der Waals surface area contributed by atoms with Crippen molar-refractivity contribution in [2.75, 3.05) is 7.11 Å². The van der Waals surface area contributed by atoms with Crippen LogP contribution in [0.1, 0.15) is 18.4 Å². The molecule has 17 heavy (non-hydrogen) atoms. The lowest BCUT2D eigenvalue weighted by atomic mass is 10.1. The molecule has 92 valence electrons. The highest BCUT2D eigenvalue weighted by Gasteiger charge is 2.13. The number of hydrogen-bond acceptors (Lipinski definition) is 3. The van der Waals surface area contributed by atoms with Gasteiger partial charge in [-0.3, -0.25) is 0 Å². The summed E-state index contributed by atoms with van der Waals surface area (Å²) in [4.78, 5) is 0. The van der Waals surface area contributed by atoms with Gasteiger partial charge in [0.15, 0.2) is 11.5 Å². The maximum atomic E-state index is 9.95. The lowest BCUT2D eigenvalue weighted by Gasteiger charge is -2.14. The van der Waals surface area contributed by atoms with Crippen LogP contribution in [0.25, 0.3) is 0 Å². The lowest BCUT2D eigenvalue weighted by molar-refractivity contribution is 0.369. The van der Waals surface area contributed by atoms with Gasteiger partial charge in [-0.2, -0.15) is 0 Å². The maximum Gasteiger partial charge on any atom is 0.162 e. The van der Waals surface area contributed by atoms with Crippen LogP contribution in [0.3, 0.4) is 0 Å². The Hall–Kier alpha value is -1.19. The minimum atomic E-state index is 0.162. The van der Waals surface area contributed by atoms with Crippen molar-refractivity contribution >= 4 is 11.6 Å². The lowest BCUT2D eigenvalue weighted by Crippen LogP contribution is -2.25. The van der Waals surface area contributed by atoms with Crippen LogP contribution in [0.2, 0.25) is 5.02 Å². The summed E-state index contributed by atoms with van der Waals surface area (Å²) < 4.78 is 5.06. The molecule has 0 aromatic heterocycles. The monoisotopic (exact) mass is 253 g/mol. The van der Waals surface area contributed by atoms with E-state index in [1.807, 2.05) is 0 Å². The molecule has 0 bridgehead atoms. The van der Waals surface area contributed by atoms with E-state index in [2.05, 4.69) is 17.5 Å². The van der Waals surface area contributed by atoms with Crippen molar-refractivity contribution in [2.45, 2.75) is 25.4 Å². The van der Waals surface area contributed by atoms with Crippen LogP contribution in [-0.2, 0) is 6.54 Å². The molecule has 1 aliphatic carbocycles. The van der Waals surface area contributed by atoms with Crippen LogP contribution in [0.5, 0.6) is 11.5 Å². The van der Waals surface area contributed by atoms with E-state index < -0.39 is 0 Å². The Morgan fingerprint density at radius 3 is 2.76 bits per heavy atom. The predicted molar refractivity (Wildman–Crippen MR) is 68.7 cm³/mol. The fourth-order valence-corrected chi connectivity index (χ4v) is 2.19. The zero-order valence-electron chi connectivity index (χ0n) is 9.74. The Kier molecular flexibility index (Phi) is 3.92. The Labute approximate surface area is 106 Å². The number of benzene rings is 1. The maximum absolute atomic E-state index is 9.95. The molecule has 0 fully saturated rings. The van der Waals surface area contributed by atoms with Crippen LogP contribution in [-0.4, -0.2) is 18.3 Å². The fraction of sp³-hybridized carbons (Fsp3) is 0.385. The van der Waals surface area contributed by atoms with Crippen molar-refractivity contribution in [2.24, 2.45) is 0 Å². The van der Waals surface area contributed by atoms with Gasteiger partial charge in [0, 0.05) is 29.2 Å².